The molecule has 2 rings (SSSR count). The largest absolute Gasteiger partial charge is 0.481 e. The molecule has 3 N–H and O–H groups in total. The minimum atomic E-state index is -0.730. The first kappa shape index (κ1) is 15.0. The molecule has 3 heteroatoms. The summed E-state index contributed by atoms with van der Waals surface area (Å²) >= 11 is 0. The molecular formula is C17H25NO2. The molecule has 1 aliphatic carbocycles. The molecule has 3 atom stereocenters. The molecule has 1 aromatic carbocycles. The first-order chi connectivity index (χ1) is 9.47. The van der Waals surface area contributed by atoms with Crippen LogP contribution in [0, 0.1) is 17.3 Å². The minimum absolute atomic E-state index is 0.191. The highest BCUT2D eigenvalue weighted by Gasteiger charge is 2.46. The Bertz CT molecular complexity index is 457. The van der Waals surface area contributed by atoms with Gasteiger partial charge in [-0.3, -0.25) is 4.79 Å². The second-order valence-electron chi connectivity index (χ2n) is 6.61. The molecule has 0 saturated heterocycles. The van der Waals surface area contributed by atoms with E-state index in [0.29, 0.717) is 24.3 Å². The predicted octanol–water partition coefficient (Wildman–Crippen LogP) is 3.26. The van der Waals surface area contributed by atoms with Crippen LogP contribution in [0.25, 0.3) is 0 Å². The van der Waals surface area contributed by atoms with Crippen molar-refractivity contribution < 1.29 is 9.90 Å². The van der Waals surface area contributed by atoms with E-state index < -0.39 is 5.97 Å². The van der Waals surface area contributed by atoms with E-state index in [1.165, 1.54) is 5.56 Å². The van der Waals surface area contributed by atoms with Gasteiger partial charge in [-0.05, 0) is 48.1 Å². The Morgan fingerprint density at radius 2 is 2.00 bits per heavy atom. The van der Waals surface area contributed by atoms with E-state index in [-0.39, 0.29) is 11.8 Å². The van der Waals surface area contributed by atoms with Gasteiger partial charge in [-0.2, -0.15) is 0 Å². The molecule has 1 saturated carbocycles. The Labute approximate surface area is 121 Å². The Kier molecular flexibility index (Phi) is 4.48. The number of carboxylic acid groups (broad SMARTS) is 1. The van der Waals surface area contributed by atoms with Crippen molar-refractivity contribution in [2.45, 2.75) is 39.0 Å². The normalized spacial score (nSPS) is 29.8. The summed E-state index contributed by atoms with van der Waals surface area (Å²) in [5, 5.41) is 9.20. The highest BCUT2D eigenvalue weighted by Crippen LogP contribution is 2.54. The molecule has 1 fully saturated rings. The lowest BCUT2D eigenvalue weighted by molar-refractivity contribution is -0.139. The summed E-state index contributed by atoms with van der Waals surface area (Å²) in [4.78, 5) is 11.2. The maximum atomic E-state index is 11.2. The summed E-state index contributed by atoms with van der Waals surface area (Å²) in [6.07, 6.45) is 2.01. The Balaban J connectivity index is 2.29. The van der Waals surface area contributed by atoms with Crippen molar-refractivity contribution in [3.63, 3.8) is 0 Å². The number of benzene rings is 1. The first-order valence-electron chi connectivity index (χ1n) is 7.44. The van der Waals surface area contributed by atoms with Crippen LogP contribution < -0.4 is 5.73 Å². The lowest BCUT2D eigenvalue weighted by atomic mass is 9.80. The van der Waals surface area contributed by atoms with Gasteiger partial charge >= 0.3 is 5.97 Å². The van der Waals surface area contributed by atoms with Crippen LogP contribution in [0.5, 0.6) is 0 Å². The first-order valence-corrected chi connectivity index (χ1v) is 7.44. The maximum absolute atomic E-state index is 11.2. The molecule has 3 nitrogen and oxygen atoms in total. The topological polar surface area (TPSA) is 63.3 Å². The maximum Gasteiger partial charge on any atom is 0.303 e. The highest BCUT2D eigenvalue weighted by atomic mass is 16.4. The van der Waals surface area contributed by atoms with Crippen molar-refractivity contribution >= 4 is 5.97 Å². The van der Waals surface area contributed by atoms with Gasteiger partial charge in [0.1, 0.15) is 0 Å². The second-order valence-corrected chi connectivity index (χ2v) is 6.61. The zero-order chi connectivity index (χ0) is 14.8. The van der Waals surface area contributed by atoms with Gasteiger partial charge in [0, 0.05) is 0 Å². The van der Waals surface area contributed by atoms with E-state index in [0.717, 1.165) is 12.8 Å². The Morgan fingerprint density at radius 1 is 1.35 bits per heavy atom. The lowest BCUT2D eigenvalue weighted by Crippen LogP contribution is -2.31. The molecule has 110 valence electrons. The fourth-order valence-electron chi connectivity index (χ4n) is 3.81. The summed E-state index contributed by atoms with van der Waals surface area (Å²) < 4.78 is 0. The fourth-order valence-corrected chi connectivity index (χ4v) is 3.81. The van der Waals surface area contributed by atoms with Gasteiger partial charge in [0.15, 0.2) is 0 Å². The molecule has 0 aromatic heterocycles. The lowest BCUT2D eigenvalue weighted by Gasteiger charge is -2.26. The van der Waals surface area contributed by atoms with Crippen LogP contribution in [0.15, 0.2) is 30.3 Å². The standard InChI is InChI=1S/C17H25NO2/c1-12(2)14-8-17(11-18,10-16(19)20)9-15(14)13-6-4-3-5-7-13/h3-7,12,14-15H,8-11,18H2,1-2H3,(H,19,20). The SMILES string of the molecule is CC(C)C1CC(CN)(CC(=O)O)CC1c1ccccc1. The van der Waals surface area contributed by atoms with E-state index >= 15 is 0 Å². The number of hydrogen-bond acceptors (Lipinski definition) is 2. The summed E-state index contributed by atoms with van der Waals surface area (Å²) in [5.74, 6) is 0.758. The number of rotatable bonds is 5. The van der Waals surface area contributed by atoms with Gasteiger partial charge < -0.3 is 10.8 Å². The monoisotopic (exact) mass is 275 g/mol. The molecule has 0 bridgehead atoms. The zero-order valence-electron chi connectivity index (χ0n) is 12.4. The summed E-state index contributed by atoms with van der Waals surface area (Å²) in [6.45, 7) is 4.92. The van der Waals surface area contributed by atoms with Crippen molar-refractivity contribution in [1.82, 2.24) is 0 Å². The summed E-state index contributed by atoms with van der Waals surface area (Å²) in [7, 11) is 0. The van der Waals surface area contributed by atoms with Crippen LogP contribution >= 0.6 is 0 Å². The molecule has 0 amide bonds. The minimum Gasteiger partial charge on any atom is -0.481 e. The number of carboxylic acids is 1. The molecule has 3 unspecified atom stereocenters. The van der Waals surface area contributed by atoms with Crippen molar-refractivity contribution in [3.05, 3.63) is 35.9 Å². The number of aliphatic carboxylic acids is 1. The van der Waals surface area contributed by atoms with Gasteiger partial charge in [-0.1, -0.05) is 44.2 Å². The van der Waals surface area contributed by atoms with Gasteiger partial charge in [0.2, 0.25) is 0 Å². The smallest absolute Gasteiger partial charge is 0.303 e. The number of carbonyl (C=O) groups is 1. The Morgan fingerprint density at radius 3 is 2.50 bits per heavy atom. The van der Waals surface area contributed by atoms with Crippen molar-refractivity contribution in [2.75, 3.05) is 6.54 Å². The van der Waals surface area contributed by atoms with Crippen LogP contribution in [-0.4, -0.2) is 17.6 Å². The van der Waals surface area contributed by atoms with E-state index in [9.17, 15) is 9.90 Å². The molecule has 0 aliphatic heterocycles. The summed E-state index contributed by atoms with van der Waals surface area (Å²) in [5.41, 5.74) is 7.05. The van der Waals surface area contributed by atoms with E-state index in [1.54, 1.807) is 0 Å². The molecule has 0 spiro atoms. The van der Waals surface area contributed by atoms with Gasteiger partial charge in [-0.25, -0.2) is 0 Å². The van der Waals surface area contributed by atoms with Gasteiger partial charge in [0.25, 0.3) is 0 Å². The third kappa shape index (κ3) is 3.04. The van der Waals surface area contributed by atoms with Crippen LogP contribution in [0.3, 0.4) is 0 Å². The molecule has 20 heavy (non-hydrogen) atoms. The highest BCUT2D eigenvalue weighted by molar-refractivity contribution is 5.68. The average Bonchev–Trinajstić information content (AvgIpc) is 2.79. The second kappa shape index (κ2) is 5.96. The van der Waals surface area contributed by atoms with Gasteiger partial charge in [0.05, 0.1) is 6.42 Å². The van der Waals surface area contributed by atoms with Crippen molar-refractivity contribution in [3.8, 4) is 0 Å². The van der Waals surface area contributed by atoms with Crippen LogP contribution in [0.1, 0.15) is 44.6 Å². The van der Waals surface area contributed by atoms with Crippen molar-refractivity contribution in [2.24, 2.45) is 23.0 Å². The quantitative estimate of drug-likeness (QED) is 0.867. The van der Waals surface area contributed by atoms with Crippen LogP contribution in [-0.2, 0) is 4.79 Å². The van der Waals surface area contributed by atoms with E-state index in [2.05, 4.69) is 38.1 Å². The van der Waals surface area contributed by atoms with E-state index in [1.807, 2.05) is 6.07 Å². The molecule has 1 aliphatic rings. The third-order valence-corrected chi connectivity index (χ3v) is 4.88. The zero-order valence-corrected chi connectivity index (χ0v) is 12.4. The van der Waals surface area contributed by atoms with Crippen molar-refractivity contribution in [1.29, 1.82) is 0 Å². The average molecular weight is 275 g/mol. The molecule has 0 radical (unpaired) electrons. The Hall–Kier alpha value is -1.35. The molecule has 0 heterocycles. The fraction of sp³-hybridized carbons (Fsp3) is 0.588. The van der Waals surface area contributed by atoms with E-state index in [4.69, 9.17) is 5.73 Å². The predicted molar refractivity (Wildman–Crippen MR) is 80.5 cm³/mol. The molecule has 1 aromatic rings. The number of nitrogens with two attached hydrogens (primary N) is 1. The molecular weight excluding hydrogens is 250 g/mol. The van der Waals surface area contributed by atoms with Crippen LogP contribution in [0.4, 0.5) is 0 Å². The number of hydrogen-bond donors (Lipinski definition) is 2. The van der Waals surface area contributed by atoms with Gasteiger partial charge in [-0.15, -0.1) is 0 Å². The summed E-state index contributed by atoms with van der Waals surface area (Å²) in [6, 6.07) is 10.5. The van der Waals surface area contributed by atoms with Crippen LogP contribution in [0.2, 0.25) is 0 Å². The third-order valence-electron chi connectivity index (χ3n) is 4.88.